The molecule has 0 spiro atoms. The van der Waals surface area contributed by atoms with Crippen LogP contribution in [0.3, 0.4) is 0 Å². The minimum absolute atomic E-state index is 0.208. The van der Waals surface area contributed by atoms with Crippen LogP contribution in [0.2, 0.25) is 0 Å². The average Bonchev–Trinajstić information content (AvgIpc) is 3.15. The van der Waals surface area contributed by atoms with Crippen molar-refractivity contribution in [1.82, 2.24) is 29.3 Å². The number of aromatic nitrogens is 4. The fourth-order valence-corrected chi connectivity index (χ4v) is 2.98. The smallest absolute Gasteiger partial charge is 0.122 e. The van der Waals surface area contributed by atoms with E-state index in [1.54, 1.807) is 12.5 Å². The Kier molecular flexibility index (Phi) is 4.54. The Morgan fingerprint density at radius 3 is 2.91 bits per heavy atom. The average molecular weight is 306 g/mol. The van der Waals surface area contributed by atoms with Crippen molar-refractivity contribution >= 4 is 0 Å². The summed E-state index contributed by atoms with van der Waals surface area (Å²) in [6, 6.07) is 0.208. The fraction of sp³-hybridized carbons (Fsp3) is 0.600. The van der Waals surface area contributed by atoms with Gasteiger partial charge in [0, 0.05) is 58.4 Å². The summed E-state index contributed by atoms with van der Waals surface area (Å²) in [5, 5.41) is 3.42. The van der Waals surface area contributed by atoms with Crippen molar-refractivity contribution in [2.75, 3.05) is 13.1 Å². The Balaban J connectivity index is 1.54. The quantitative estimate of drug-likeness (QED) is 0.860. The molecule has 1 saturated heterocycles. The Hall–Kier alpha value is -1.73. The fourth-order valence-electron chi connectivity index (χ4n) is 2.98. The molecule has 1 N–H and O–H groups in total. The van der Waals surface area contributed by atoms with Gasteiger partial charge in [-0.25, -0.2) is 14.4 Å². The third kappa shape index (κ3) is 3.36. The summed E-state index contributed by atoms with van der Waals surface area (Å²) in [6.45, 7) is 2.71. The van der Waals surface area contributed by atoms with Gasteiger partial charge in [-0.05, 0) is 6.42 Å². The van der Waals surface area contributed by atoms with Gasteiger partial charge >= 0.3 is 0 Å². The van der Waals surface area contributed by atoms with Crippen molar-refractivity contribution in [3.8, 4) is 0 Å². The number of hydrogen-bond acceptors (Lipinski definition) is 4. The Morgan fingerprint density at radius 1 is 1.36 bits per heavy atom. The first-order valence-corrected chi connectivity index (χ1v) is 7.63. The van der Waals surface area contributed by atoms with Crippen LogP contribution in [0.1, 0.15) is 17.9 Å². The number of imidazole rings is 2. The van der Waals surface area contributed by atoms with E-state index in [1.807, 2.05) is 35.6 Å². The highest BCUT2D eigenvalue weighted by atomic mass is 19.1. The standard InChI is InChI=1S/C15H23FN6/c1-20-4-3-19-15(20)10-22-9-12(16)5-13(22)6-17-7-14-8-18-11-21(14)2/h3-4,8,11-13,17H,5-7,9-10H2,1-2H3/t12-,13-/m0/s1. The van der Waals surface area contributed by atoms with E-state index in [2.05, 4.69) is 20.2 Å². The molecule has 0 saturated carbocycles. The SMILES string of the molecule is Cn1cncc1CNC[C@@H]1C[C@H](F)CN1Cc1nccn1C. The van der Waals surface area contributed by atoms with Gasteiger partial charge in [0.15, 0.2) is 0 Å². The number of alkyl halides is 1. The molecule has 0 bridgehead atoms. The van der Waals surface area contributed by atoms with E-state index in [9.17, 15) is 4.39 Å². The summed E-state index contributed by atoms with van der Waals surface area (Å²) in [7, 11) is 3.95. The van der Waals surface area contributed by atoms with Crippen molar-refractivity contribution in [3.63, 3.8) is 0 Å². The lowest BCUT2D eigenvalue weighted by molar-refractivity contribution is 0.222. The molecule has 2 aromatic heterocycles. The highest BCUT2D eigenvalue weighted by molar-refractivity contribution is 4.98. The normalized spacial score (nSPS) is 22.5. The van der Waals surface area contributed by atoms with Gasteiger partial charge in [-0.1, -0.05) is 0 Å². The van der Waals surface area contributed by atoms with Crippen molar-refractivity contribution in [3.05, 3.63) is 36.4 Å². The van der Waals surface area contributed by atoms with Crippen LogP contribution in [-0.4, -0.2) is 49.3 Å². The van der Waals surface area contributed by atoms with E-state index < -0.39 is 6.17 Å². The van der Waals surface area contributed by atoms with Crippen LogP contribution in [-0.2, 0) is 27.2 Å². The molecular weight excluding hydrogens is 283 g/mol. The van der Waals surface area contributed by atoms with Gasteiger partial charge in [-0.3, -0.25) is 4.90 Å². The molecule has 120 valence electrons. The first-order valence-electron chi connectivity index (χ1n) is 7.63. The predicted octanol–water partition coefficient (Wildman–Crippen LogP) is 0.856. The Bertz CT molecular complexity index is 607. The maximum absolute atomic E-state index is 13.8. The second kappa shape index (κ2) is 6.58. The van der Waals surface area contributed by atoms with Crippen LogP contribution >= 0.6 is 0 Å². The van der Waals surface area contributed by atoms with Gasteiger partial charge in [0.2, 0.25) is 0 Å². The molecular formula is C15H23FN6. The number of nitrogens with zero attached hydrogens (tertiary/aromatic N) is 5. The lowest BCUT2D eigenvalue weighted by Crippen LogP contribution is -2.38. The van der Waals surface area contributed by atoms with Crippen LogP contribution in [0.15, 0.2) is 24.9 Å². The first-order chi connectivity index (χ1) is 10.6. The Labute approximate surface area is 130 Å². The highest BCUT2D eigenvalue weighted by Crippen LogP contribution is 2.21. The van der Waals surface area contributed by atoms with Crippen LogP contribution in [0.25, 0.3) is 0 Å². The molecule has 2 atom stereocenters. The lowest BCUT2D eigenvalue weighted by atomic mass is 10.2. The summed E-state index contributed by atoms with van der Waals surface area (Å²) in [5.41, 5.74) is 1.13. The number of aryl methyl sites for hydroxylation is 2. The second-order valence-electron chi connectivity index (χ2n) is 6.00. The molecule has 6 nitrogen and oxygen atoms in total. The van der Waals surface area contributed by atoms with Gasteiger partial charge in [0.1, 0.15) is 12.0 Å². The molecule has 0 unspecified atom stereocenters. The molecule has 1 aliphatic heterocycles. The topological polar surface area (TPSA) is 50.9 Å². The van der Waals surface area contributed by atoms with Crippen LogP contribution < -0.4 is 5.32 Å². The molecule has 0 amide bonds. The van der Waals surface area contributed by atoms with E-state index in [0.29, 0.717) is 19.5 Å². The zero-order valence-electron chi connectivity index (χ0n) is 13.1. The van der Waals surface area contributed by atoms with E-state index in [-0.39, 0.29) is 6.04 Å². The third-order valence-corrected chi connectivity index (χ3v) is 4.34. The van der Waals surface area contributed by atoms with Gasteiger partial charge in [-0.2, -0.15) is 0 Å². The minimum Gasteiger partial charge on any atom is -0.337 e. The second-order valence-corrected chi connectivity index (χ2v) is 6.00. The number of nitrogens with one attached hydrogen (secondary N) is 1. The van der Waals surface area contributed by atoms with Crippen LogP contribution in [0, 0.1) is 0 Å². The predicted molar refractivity (Wildman–Crippen MR) is 81.8 cm³/mol. The summed E-state index contributed by atoms with van der Waals surface area (Å²) in [5.74, 6) is 0.978. The van der Waals surface area contributed by atoms with Crippen molar-refractivity contribution < 1.29 is 4.39 Å². The van der Waals surface area contributed by atoms with Gasteiger partial charge in [-0.15, -0.1) is 0 Å². The molecule has 0 aliphatic carbocycles. The summed E-state index contributed by atoms with van der Waals surface area (Å²) in [6.07, 6.45) is 7.19. The van der Waals surface area contributed by atoms with Crippen LogP contribution in [0.4, 0.5) is 4.39 Å². The third-order valence-electron chi connectivity index (χ3n) is 4.34. The van der Waals surface area contributed by atoms with Crippen molar-refractivity contribution in [2.45, 2.75) is 31.7 Å². The Morgan fingerprint density at radius 2 is 2.23 bits per heavy atom. The van der Waals surface area contributed by atoms with Crippen molar-refractivity contribution in [2.24, 2.45) is 14.1 Å². The molecule has 0 aromatic carbocycles. The number of halogens is 1. The van der Waals surface area contributed by atoms with E-state index in [1.165, 1.54) is 0 Å². The molecule has 1 fully saturated rings. The maximum Gasteiger partial charge on any atom is 0.122 e. The van der Waals surface area contributed by atoms with Crippen molar-refractivity contribution in [1.29, 1.82) is 0 Å². The largest absolute Gasteiger partial charge is 0.337 e. The van der Waals surface area contributed by atoms with Gasteiger partial charge in [0.05, 0.1) is 18.6 Å². The zero-order chi connectivity index (χ0) is 15.5. The van der Waals surface area contributed by atoms with Gasteiger partial charge in [0.25, 0.3) is 0 Å². The monoisotopic (exact) mass is 306 g/mol. The maximum atomic E-state index is 13.8. The number of hydrogen-bond donors (Lipinski definition) is 1. The zero-order valence-corrected chi connectivity index (χ0v) is 13.1. The highest BCUT2D eigenvalue weighted by Gasteiger charge is 2.32. The molecule has 2 aromatic rings. The van der Waals surface area contributed by atoms with E-state index in [4.69, 9.17) is 0 Å². The molecule has 0 radical (unpaired) electrons. The molecule has 3 rings (SSSR count). The van der Waals surface area contributed by atoms with E-state index in [0.717, 1.165) is 24.6 Å². The minimum atomic E-state index is -0.747. The summed E-state index contributed by atoms with van der Waals surface area (Å²) in [4.78, 5) is 10.6. The van der Waals surface area contributed by atoms with Gasteiger partial charge < -0.3 is 14.5 Å². The molecule has 1 aliphatic rings. The molecule has 22 heavy (non-hydrogen) atoms. The summed E-state index contributed by atoms with van der Waals surface area (Å²) >= 11 is 0. The lowest BCUT2D eigenvalue weighted by Gasteiger charge is -2.24. The molecule has 7 heteroatoms. The summed E-state index contributed by atoms with van der Waals surface area (Å²) < 4.78 is 17.8. The van der Waals surface area contributed by atoms with E-state index >= 15 is 0 Å². The number of likely N-dealkylation sites (tertiary alicyclic amines) is 1. The first kappa shape index (κ1) is 15.2. The number of rotatable bonds is 6. The molecule has 3 heterocycles. The van der Waals surface area contributed by atoms with Crippen LogP contribution in [0.5, 0.6) is 0 Å².